The number of para-hydroxylation sites is 1. The predicted molar refractivity (Wildman–Crippen MR) is 101 cm³/mol. The van der Waals surface area contributed by atoms with Crippen LogP contribution >= 0.6 is 0 Å². The molecule has 0 aliphatic heterocycles. The second-order valence-electron chi connectivity index (χ2n) is 6.08. The van der Waals surface area contributed by atoms with Crippen LogP contribution in [-0.4, -0.2) is 23.3 Å². The molecule has 0 saturated carbocycles. The molecule has 0 unspecified atom stereocenters. The molecule has 0 atom stereocenters. The number of nitrogens with one attached hydrogen (secondary N) is 2. The number of aromatic nitrogens is 1. The van der Waals surface area contributed by atoms with Crippen LogP contribution in [0.1, 0.15) is 26.4 Å². The lowest BCUT2D eigenvalue weighted by Crippen LogP contribution is -2.27. The fourth-order valence-electron chi connectivity index (χ4n) is 2.60. The van der Waals surface area contributed by atoms with Crippen molar-refractivity contribution >= 4 is 17.5 Å². The molecule has 2 aromatic carbocycles. The number of carbonyl (C=O) groups excluding carboxylic acids is 2. The van der Waals surface area contributed by atoms with Gasteiger partial charge in [0.2, 0.25) is 0 Å². The molecule has 0 spiro atoms. The van der Waals surface area contributed by atoms with Crippen LogP contribution in [0.25, 0.3) is 0 Å². The molecule has 0 aliphatic carbocycles. The van der Waals surface area contributed by atoms with Crippen LogP contribution < -0.4 is 10.6 Å². The summed E-state index contributed by atoms with van der Waals surface area (Å²) in [6.45, 7) is 0.165. The minimum absolute atomic E-state index is 0.00177. The highest BCUT2D eigenvalue weighted by Gasteiger charge is 2.15. The summed E-state index contributed by atoms with van der Waals surface area (Å²) >= 11 is 0. The molecular formula is C21H16F3N3O2. The summed E-state index contributed by atoms with van der Waals surface area (Å²) < 4.78 is 41.0. The Balaban J connectivity index is 1.64. The van der Waals surface area contributed by atoms with Crippen molar-refractivity contribution in [2.24, 2.45) is 0 Å². The molecule has 0 fully saturated rings. The van der Waals surface area contributed by atoms with Crippen molar-refractivity contribution in [3.8, 4) is 0 Å². The summed E-state index contributed by atoms with van der Waals surface area (Å²) in [6.07, 6.45) is 1.52. The summed E-state index contributed by atoms with van der Waals surface area (Å²) in [4.78, 5) is 28.4. The van der Waals surface area contributed by atoms with E-state index in [0.29, 0.717) is 5.56 Å². The van der Waals surface area contributed by atoms with Gasteiger partial charge in [-0.15, -0.1) is 0 Å². The van der Waals surface area contributed by atoms with Gasteiger partial charge in [0, 0.05) is 18.3 Å². The van der Waals surface area contributed by atoms with Crippen LogP contribution in [-0.2, 0) is 6.42 Å². The highest BCUT2D eigenvalue weighted by Crippen LogP contribution is 2.19. The normalized spacial score (nSPS) is 10.4. The quantitative estimate of drug-likeness (QED) is 0.664. The number of rotatable bonds is 6. The Kier molecular flexibility index (Phi) is 6.23. The molecule has 8 heteroatoms. The van der Waals surface area contributed by atoms with E-state index in [9.17, 15) is 22.8 Å². The van der Waals surface area contributed by atoms with E-state index in [2.05, 4.69) is 15.6 Å². The average molecular weight is 399 g/mol. The van der Waals surface area contributed by atoms with E-state index >= 15 is 0 Å². The Hall–Kier alpha value is -3.68. The van der Waals surface area contributed by atoms with Crippen LogP contribution in [0, 0.1) is 17.5 Å². The molecule has 0 aliphatic rings. The zero-order valence-corrected chi connectivity index (χ0v) is 15.1. The van der Waals surface area contributed by atoms with Gasteiger partial charge in [-0.1, -0.05) is 24.3 Å². The zero-order valence-electron chi connectivity index (χ0n) is 15.1. The van der Waals surface area contributed by atoms with Crippen molar-refractivity contribution in [3.05, 3.63) is 95.1 Å². The van der Waals surface area contributed by atoms with Crippen molar-refractivity contribution in [2.75, 3.05) is 11.9 Å². The maximum Gasteiger partial charge on any atom is 0.269 e. The van der Waals surface area contributed by atoms with E-state index < -0.39 is 29.1 Å². The Bertz CT molecular complexity index is 1040. The van der Waals surface area contributed by atoms with E-state index in [-0.39, 0.29) is 30.0 Å². The Labute approximate surface area is 164 Å². The molecule has 29 heavy (non-hydrogen) atoms. The zero-order chi connectivity index (χ0) is 20.8. The maximum atomic E-state index is 13.7. The lowest BCUT2D eigenvalue weighted by molar-refractivity contribution is 0.0949. The van der Waals surface area contributed by atoms with Crippen molar-refractivity contribution < 1.29 is 22.8 Å². The van der Waals surface area contributed by atoms with Gasteiger partial charge < -0.3 is 10.6 Å². The lowest BCUT2D eigenvalue weighted by atomic mass is 10.1. The molecule has 3 rings (SSSR count). The number of halogens is 3. The summed E-state index contributed by atoms with van der Waals surface area (Å²) in [7, 11) is 0. The first kappa shape index (κ1) is 20.1. The highest BCUT2D eigenvalue weighted by molar-refractivity contribution is 6.05. The van der Waals surface area contributed by atoms with Crippen molar-refractivity contribution in [1.29, 1.82) is 0 Å². The first-order valence-corrected chi connectivity index (χ1v) is 8.68. The number of amides is 2. The molecule has 0 saturated heterocycles. The predicted octanol–water partition coefficient (Wildman–Crippen LogP) is 3.72. The molecule has 1 aromatic heterocycles. The van der Waals surface area contributed by atoms with Crippen molar-refractivity contribution in [2.45, 2.75) is 6.42 Å². The first-order chi connectivity index (χ1) is 14.0. The van der Waals surface area contributed by atoms with Crippen LogP contribution in [0.5, 0.6) is 0 Å². The Morgan fingerprint density at radius 1 is 0.862 bits per heavy atom. The van der Waals surface area contributed by atoms with Gasteiger partial charge >= 0.3 is 0 Å². The monoisotopic (exact) mass is 399 g/mol. The van der Waals surface area contributed by atoms with Crippen LogP contribution in [0.4, 0.5) is 18.9 Å². The van der Waals surface area contributed by atoms with Crippen molar-refractivity contribution in [1.82, 2.24) is 10.3 Å². The van der Waals surface area contributed by atoms with Gasteiger partial charge in [-0.3, -0.25) is 14.6 Å². The second kappa shape index (κ2) is 9.01. The Morgan fingerprint density at radius 2 is 1.55 bits per heavy atom. The number of carbonyl (C=O) groups is 2. The van der Waals surface area contributed by atoms with Gasteiger partial charge in [0.1, 0.15) is 28.8 Å². The fraction of sp³-hybridized carbons (Fsp3) is 0.0952. The third kappa shape index (κ3) is 4.98. The van der Waals surface area contributed by atoms with Gasteiger partial charge in [-0.2, -0.15) is 0 Å². The minimum atomic E-state index is -0.918. The number of hydrogen-bond donors (Lipinski definition) is 2. The Morgan fingerprint density at radius 3 is 2.28 bits per heavy atom. The standard InChI is InChI=1S/C21H16F3N3O2/c22-15-5-2-1-4-13(15)8-11-26-21(29)18-12-14(9-10-25-18)20(28)27-19-16(23)6-3-7-17(19)24/h1-7,9-10,12H,8,11H2,(H,26,29)(H,27,28). The number of anilines is 1. The molecule has 1 heterocycles. The van der Waals surface area contributed by atoms with E-state index in [1.54, 1.807) is 18.2 Å². The van der Waals surface area contributed by atoms with Crippen LogP contribution in [0.2, 0.25) is 0 Å². The molecule has 2 N–H and O–H groups in total. The number of hydrogen-bond acceptors (Lipinski definition) is 3. The van der Waals surface area contributed by atoms with Gasteiger partial charge in [0.25, 0.3) is 11.8 Å². The first-order valence-electron chi connectivity index (χ1n) is 8.68. The molecule has 148 valence electrons. The van der Waals surface area contributed by atoms with Crippen LogP contribution in [0.3, 0.4) is 0 Å². The smallest absolute Gasteiger partial charge is 0.269 e. The molecular weight excluding hydrogens is 383 g/mol. The number of benzene rings is 2. The third-order valence-corrected chi connectivity index (χ3v) is 4.09. The highest BCUT2D eigenvalue weighted by atomic mass is 19.1. The van der Waals surface area contributed by atoms with E-state index in [0.717, 1.165) is 12.1 Å². The van der Waals surface area contributed by atoms with Gasteiger partial charge in [-0.05, 0) is 42.3 Å². The number of pyridine rings is 1. The molecule has 3 aromatic rings. The van der Waals surface area contributed by atoms with E-state index in [1.165, 1.54) is 30.5 Å². The molecule has 0 radical (unpaired) electrons. The summed E-state index contributed by atoms with van der Waals surface area (Å²) in [5, 5.41) is 4.73. The van der Waals surface area contributed by atoms with E-state index in [4.69, 9.17) is 0 Å². The third-order valence-electron chi connectivity index (χ3n) is 4.09. The van der Waals surface area contributed by atoms with Gasteiger partial charge in [0.15, 0.2) is 0 Å². The van der Waals surface area contributed by atoms with Gasteiger partial charge in [0.05, 0.1) is 0 Å². The lowest BCUT2D eigenvalue weighted by Gasteiger charge is -2.09. The SMILES string of the molecule is O=C(Nc1c(F)cccc1F)c1ccnc(C(=O)NCCc2ccccc2F)c1. The molecule has 5 nitrogen and oxygen atoms in total. The largest absolute Gasteiger partial charge is 0.350 e. The summed E-state index contributed by atoms with van der Waals surface area (Å²) in [5.41, 5.74) is -0.173. The minimum Gasteiger partial charge on any atom is -0.350 e. The molecule has 0 bridgehead atoms. The average Bonchev–Trinajstić information content (AvgIpc) is 2.72. The van der Waals surface area contributed by atoms with Gasteiger partial charge in [-0.25, -0.2) is 13.2 Å². The maximum absolute atomic E-state index is 13.7. The topological polar surface area (TPSA) is 71.1 Å². The van der Waals surface area contributed by atoms with E-state index in [1.807, 2.05) is 0 Å². The second-order valence-corrected chi connectivity index (χ2v) is 6.08. The van der Waals surface area contributed by atoms with Crippen molar-refractivity contribution in [3.63, 3.8) is 0 Å². The summed E-state index contributed by atoms with van der Waals surface area (Å²) in [5.74, 6) is -3.55. The van der Waals surface area contributed by atoms with Crippen LogP contribution in [0.15, 0.2) is 60.8 Å². The summed E-state index contributed by atoms with van der Waals surface area (Å²) in [6, 6.07) is 11.9. The fourth-order valence-corrected chi connectivity index (χ4v) is 2.60. The number of nitrogens with zero attached hydrogens (tertiary/aromatic N) is 1. The molecule has 2 amide bonds.